The maximum Gasteiger partial charge on any atom is 0.315 e. The van der Waals surface area contributed by atoms with Crippen LogP contribution in [0.15, 0.2) is 0 Å². The van der Waals surface area contributed by atoms with Gasteiger partial charge >= 0.3 is 6.03 Å². The van der Waals surface area contributed by atoms with Gasteiger partial charge in [0.1, 0.15) is 0 Å². The van der Waals surface area contributed by atoms with E-state index in [0.29, 0.717) is 12.6 Å². The molecule has 2 fully saturated rings. The monoisotopic (exact) mass is 286 g/mol. The van der Waals surface area contributed by atoms with Gasteiger partial charge in [-0.15, -0.1) is 0 Å². The van der Waals surface area contributed by atoms with Crippen LogP contribution in [0.1, 0.15) is 45.4 Å². The summed E-state index contributed by atoms with van der Waals surface area (Å²) in [5.74, 6) is 2.48. The van der Waals surface area contributed by atoms with Crippen molar-refractivity contribution in [3.05, 3.63) is 0 Å². The van der Waals surface area contributed by atoms with Gasteiger partial charge in [0.05, 0.1) is 5.60 Å². The molecule has 2 amide bonds. The second-order valence-corrected chi connectivity index (χ2v) is 7.10. The largest absolute Gasteiger partial charge is 0.387 e. The zero-order valence-electron chi connectivity index (χ0n) is 11.8. The van der Waals surface area contributed by atoms with Crippen molar-refractivity contribution in [3.8, 4) is 0 Å². The summed E-state index contributed by atoms with van der Waals surface area (Å²) in [7, 11) is 0. The number of carbonyl (C=O) groups is 1. The lowest BCUT2D eigenvalue weighted by Gasteiger charge is -2.29. The smallest absolute Gasteiger partial charge is 0.315 e. The van der Waals surface area contributed by atoms with Crippen molar-refractivity contribution >= 4 is 17.8 Å². The van der Waals surface area contributed by atoms with E-state index in [0.717, 1.165) is 36.7 Å². The molecule has 110 valence electrons. The zero-order chi connectivity index (χ0) is 13.7. The molecule has 0 unspecified atom stereocenters. The number of hydrogen-bond acceptors (Lipinski definition) is 3. The molecule has 1 saturated carbocycles. The number of amides is 2. The van der Waals surface area contributed by atoms with Crippen LogP contribution in [0.2, 0.25) is 0 Å². The summed E-state index contributed by atoms with van der Waals surface area (Å²) < 4.78 is 0. The summed E-state index contributed by atoms with van der Waals surface area (Å²) in [5.41, 5.74) is -0.694. The highest BCUT2D eigenvalue weighted by Gasteiger charge is 2.32. The molecule has 1 aliphatic carbocycles. The van der Waals surface area contributed by atoms with Crippen LogP contribution in [0.5, 0.6) is 0 Å². The Morgan fingerprint density at radius 1 is 1.47 bits per heavy atom. The van der Waals surface area contributed by atoms with Crippen LogP contribution >= 0.6 is 11.8 Å². The Labute approximate surface area is 120 Å². The lowest BCUT2D eigenvalue weighted by Crippen LogP contribution is -2.49. The third-order valence-corrected chi connectivity index (χ3v) is 5.59. The number of urea groups is 1. The van der Waals surface area contributed by atoms with E-state index in [1.54, 1.807) is 11.8 Å². The Bertz CT molecular complexity index is 306. The van der Waals surface area contributed by atoms with Gasteiger partial charge in [-0.2, -0.15) is 11.8 Å². The number of thioether (sulfide) groups is 1. The van der Waals surface area contributed by atoms with Gasteiger partial charge in [0.25, 0.3) is 0 Å². The quantitative estimate of drug-likeness (QED) is 0.742. The molecule has 0 aromatic heterocycles. The highest BCUT2D eigenvalue weighted by molar-refractivity contribution is 7.99. The lowest BCUT2D eigenvalue weighted by molar-refractivity contribution is 0.0697. The first kappa shape index (κ1) is 15.0. The first-order valence-electron chi connectivity index (χ1n) is 7.46. The van der Waals surface area contributed by atoms with E-state index >= 15 is 0 Å². The summed E-state index contributed by atoms with van der Waals surface area (Å²) >= 11 is 1.75. The normalized spacial score (nSPS) is 35.1. The molecular weight excluding hydrogens is 260 g/mol. The minimum absolute atomic E-state index is 0.118. The number of aliphatic hydroxyl groups is 1. The summed E-state index contributed by atoms with van der Waals surface area (Å²) in [5, 5.41) is 16.1. The molecule has 1 heterocycles. The molecule has 2 rings (SSSR count). The molecule has 5 heteroatoms. The average molecular weight is 286 g/mol. The van der Waals surface area contributed by atoms with E-state index in [4.69, 9.17) is 0 Å². The van der Waals surface area contributed by atoms with Gasteiger partial charge in [-0.25, -0.2) is 4.79 Å². The van der Waals surface area contributed by atoms with E-state index < -0.39 is 5.60 Å². The second-order valence-electron chi connectivity index (χ2n) is 5.99. The first-order valence-corrected chi connectivity index (χ1v) is 8.61. The average Bonchev–Trinajstić information content (AvgIpc) is 2.84. The minimum Gasteiger partial charge on any atom is -0.387 e. The maximum atomic E-state index is 11.9. The summed E-state index contributed by atoms with van der Waals surface area (Å²) in [6, 6.07) is 0.193. The fourth-order valence-corrected chi connectivity index (χ4v) is 4.31. The van der Waals surface area contributed by atoms with Crippen molar-refractivity contribution in [2.75, 3.05) is 18.1 Å². The molecular formula is C14H26N2O2S. The number of hydrogen-bond donors (Lipinski definition) is 3. The van der Waals surface area contributed by atoms with Gasteiger partial charge in [-0.1, -0.05) is 26.2 Å². The van der Waals surface area contributed by atoms with Crippen molar-refractivity contribution in [2.24, 2.45) is 5.92 Å². The molecule has 1 saturated heterocycles. The second kappa shape index (κ2) is 6.84. The van der Waals surface area contributed by atoms with E-state index in [1.807, 2.05) is 0 Å². The van der Waals surface area contributed by atoms with Crippen molar-refractivity contribution in [2.45, 2.75) is 57.1 Å². The number of carbonyl (C=O) groups excluding carboxylic acids is 1. The van der Waals surface area contributed by atoms with Crippen molar-refractivity contribution < 1.29 is 9.90 Å². The van der Waals surface area contributed by atoms with E-state index in [1.165, 1.54) is 19.3 Å². The number of nitrogens with one attached hydrogen (secondary N) is 2. The summed E-state index contributed by atoms with van der Waals surface area (Å²) in [6.45, 7) is 2.59. The molecule has 0 aromatic rings. The summed E-state index contributed by atoms with van der Waals surface area (Å²) in [6.07, 6.45) is 6.68. The predicted molar refractivity (Wildman–Crippen MR) is 79.5 cm³/mol. The highest BCUT2D eigenvalue weighted by Crippen LogP contribution is 2.27. The fraction of sp³-hybridized carbons (Fsp3) is 0.929. The van der Waals surface area contributed by atoms with Gasteiger partial charge in [-0.05, 0) is 30.9 Å². The SMILES string of the molecule is CC[C@@H]1CCC[C@H](NC(=O)NC[C@@]2(O)CCSC2)C1. The van der Waals surface area contributed by atoms with Crippen LogP contribution in [0, 0.1) is 5.92 Å². The Morgan fingerprint density at radius 3 is 3.00 bits per heavy atom. The van der Waals surface area contributed by atoms with Crippen LogP contribution < -0.4 is 10.6 Å². The van der Waals surface area contributed by atoms with E-state index in [-0.39, 0.29) is 6.03 Å². The van der Waals surface area contributed by atoms with E-state index in [9.17, 15) is 9.90 Å². The minimum atomic E-state index is -0.694. The molecule has 0 radical (unpaired) electrons. The Kier molecular flexibility index (Phi) is 5.39. The lowest BCUT2D eigenvalue weighted by atomic mass is 9.84. The van der Waals surface area contributed by atoms with Gasteiger partial charge in [0.15, 0.2) is 0 Å². The van der Waals surface area contributed by atoms with Crippen LogP contribution in [-0.4, -0.2) is 40.8 Å². The molecule has 0 spiro atoms. The zero-order valence-corrected chi connectivity index (χ0v) is 12.6. The third-order valence-electron chi connectivity index (χ3n) is 4.36. The molecule has 4 nitrogen and oxygen atoms in total. The van der Waals surface area contributed by atoms with Crippen LogP contribution in [0.4, 0.5) is 4.79 Å². The molecule has 0 bridgehead atoms. The third kappa shape index (κ3) is 4.56. The van der Waals surface area contributed by atoms with Crippen molar-refractivity contribution in [1.82, 2.24) is 10.6 Å². The standard InChI is InChI=1S/C14H26N2O2S/c1-2-11-4-3-5-12(8-11)16-13(17)15-9-14(18)6-7-19-10-14/h11-12,18H,2-10H2,1H3,(H2,15,16,17)/t11-,12+,14+/m1/s1. The van der Waals surface area contributed by atoms with Crippen molar-refractivity contribution in [1.29, 1.82) is 0 Å². The number of rotatable bonds is 4. The molecule has 3 N–H and O–H groups in total. The Hall–Kier alpha value is -0.420. The molecule has 0 aromatic carbocycles. The predicted octanol–water partition coefficient (Wildman–Crippen LogP) is 2.12. The van der Waals surface area contributed by atoms with Crippen molar-refractivity contribution in [3.63, 3.8) is 0 Å². The maximum absolute atomic E-state index is 11.9. The van der Waals surface area contributed by atoms with Gasteiger partial charge < -0.3 is 15.7 Å². The van der Waals surface area contributed by atoms with E-state index in [2.05, 4.69) is 17.6 Å². The topological polar surface area (TPSA) is 61.4 Å². The van der Waals surface area contributed by atoms with Crippen LogP contribution in [0.25, 0.3) is 0 Å². The van der Waals surface area contributed by atoms with Gasteiger partial charge in [-0.3, -0.25) is 0 Å². The molecule has 3 atom stereocenters. The Balaban J connectivity index is 1.69. The first-order chi connectivity index (χ1) is 9.11. The molecule has 2 aliphatic rings. The fourth-order valence-electron chi connectivity index (χ4n) is 3.01. The summed E-state index contributed by atoms with van der Waals surface area (Å²) in [4.78, 5) is 11.9. The van der Waals surface area contributed by atoms with Crippen LogP contribution in [0.3, 0.4) is 0 Å². The molecule has 19 heavy (non-hydrogen) atoms. The highest BCUT2D eigenvalue weighted by atomic mass is 32.2. The van der Waals surface area contributed by atoms with Crippen LogP contribution in [-0.2, 0) is 0 Å². The Morgan fingerprint density at radius 2 is 2.32 bits per heavy atom. The molecule has 1 aliphatic heterocycles. The van der Waals surface area contributed by atoms with Gasteiger partial charge in [0, 0.05) is 18.3 Å². The van der Waals surface area contributed by atoms with Gasteiger partial charge in [0.2, 0.25) is 0 Å².